The molecule has 0 spiro atoms. The number of nitrogens with two attached hydrogens (primary N) is 1. The minimum absolute atomic E-state index is 0.0411. The third kappa shape index (κ3) is 3.37. The molecule has 26 heavy (non-hydrogen) atoms. The summed E-state index contributed by atoms with van der Waals surface area (Å²) in [5, 5.41) is 16.4. The van der Waals surface area contributed by atoms with Crippen molar-refractivity contribution in [2.45, 2.75) is 25.8 Å². The lowest BCUT2D eigenvalue weighted by atomic mass is 10.00. The molecule has 0 saturated carbocycles. The number of carbonyl (C=O) groups excluding carboxylic acids is 2. The van der Waals surface area contributed by atoms with Crippen molar-refractivity contribution in [1.29, 1.82) is 5.26 Å². The van der Waals surface area contributed by atoms with E-state index in [0.29, 0.717) is 24.3 Å². The first-order valence-corrected chi connectivity index (χ1v) is 9.11. The Hall–Kier alpha value is -2.60. The van der Waals surface area contributed by atoms with Crippen molar-refractivity contribution in [3.8, 4) is 6.07 Å². The van der Waals surface area contributed by atoms with Gasteiger partial charge in [-0.2, -0.15) is 10.4 Å². The van der Waals surface area contributed by atoms with Crippen LogP contribution in [0, 0.1) is 17.2 Å². The van der Waals surface area contributed by atoms with Gasteiger partial charge in [0.05, 0.1) is 29.0 Å². The van der Waals surface area contributed by atoms with E-state index in [0.717, 1.165) is 16.4 Å². The predicted octanol–water partition coefficient (Wildman–Crippen LogP) is 1.76. The maximum atomic E-state index is 12.1. The Bertz CT molecular complexity index is 903. The number of likely N-dealkylation sites (tertiary alicyclic amines) is 1. The molecule has 0 aliphatic carbocycles. The fraction of sp³-hybridized carbons (Fsp3) is 0.412. The van der Waals surface area contributed by atoms with Gasteiger partial charge in [0.15, 0.2) is 0 Å². The van der Waals surface area contributed by atoms with E-state index in [-0.39, 0.29) is 24.3 Å². The molecule has 9 heteroatoms. The van der Waals surface area contributed by atoms with Crippen molar-refractivity contribution in [1.82, 2.24) is 14.5 Å². The maximum absolute atomic E-state index is 12.1. The van der Waals surface area contributed by atoms with Crippen LogP contribution in [0.1, 0.15) is 30.1 Å². The summed E-state index contributed by atoms with van der Waals surface area (Å²) in [4.78, 5) is 25.7. The molecule has 8 nitrogen and oxygen atoms in total. The van der Waals surface area contributed by atoms with E-state index in [1.165, 1.54) is 6.20 Å². The summed E-state index contributed by atoms with van der Waals surface area (Å²) < 4.78 is 2.49. The van der Waals surface area contributed by atoms with Gasteiger partial charge >= 0.3 is 0 Å². The van der Waals surface area contributed by atoms with E-state index in [4.69, 9.17) is 11.0 Å². The molecule has 1 aliphatic heterocycles. The van der Waals surface area contributed by atoms with Crippen LogP contribution in [0.2, 0.25) is 0 Å². The summed E-state index contributed by atoms with van der Waals surface area (Å²) in [6.07, 6.45) is 3.98. The number of nitrogens with zero attached hydrogens (tertiary/aromatic N) is 4. The highest BCUT2D eigenvalue weighted by molar-refractivity contribution is 9.10. The van der Waals surface area contributed by atoms with Crippen molar-refractivity contribution >= 4 is 38.9 Å². The van der Waals surface area contributed by atoms with Crippen LogP contribution < -0.4 is 11.1 Å². The predicted molar refractivity (Wildman–Crippen MR) is 99.4 cm³/mol. The van der Waals surface area contributed by atoms with Gasteiger partial charge in [-0.15, -0.1) is 0 Å². The number of anilines is 1. The highest BCUT2D eigenvalue weighted by Gasteiger charge is 2.34. The number of amides is 2. The van der Waals surface area contributed by atoms with Gasteiger partial charge in [0.25, 0.3) is 5.91 Å². The van der Waals surface area contributed by atoms with E-state index in [9.17, 15) is 9.59 Å². The van der Waals surface area contributed by atoms with Gasteiger partial charge < -0.3 is 16.0 Å². The van der Waals surface area contributed by atoms with Gasteiger partial charge in [0.2, 0.25) is 5.91 Å². The number of fused-ring (bicyclic) bond motifs is 1. The molecule has 3 heterocycles. The van der Waals surface area contributed by atoms with Gasteiger partial charge in [0, 0.05) is 29.8 Å². The molecule has 3 N–H and O–H groups in total. The number of rotatable bonds is 5. The number of hydrogen-bond acceptors (Lipinski definition) is 5. The summed E-state index contributed by atoms with van der Waals surface area (Å²) in [6.45, 7) is 3.13. The zero-order valence-electron chi connectivity index (χ0n) is 14.3. The monoisotopic (exact) mass is 418 g/mol. The Morgan fingerprint density at radius 3 is 2.92 bits per heavy atom. The smallest absolute Gasteiger partial charge is 0.252 e. The van der Waals surface area contributed by atoms with Gasteiger partial charge in [-0.25, -0.2) is 4.52 Å². The molecule has 0 bridgehead atoms. The van der Waals surface area contributed by atoms with Crippen LogP contribution >= 0.6 is 15.9 Å². The van der Waals surface area contributed by atoms with Crippen LogP contribution in [0.15, 0.2) is 22.9 Å². The average molecular weight is 419 g/mol. The first-order chi connectivity index (χ1) is 12.4. The SMILES string of the molecule is CC[C@H]1CN(C(=O)CC#N)C[C@H]1Nc1c(C(N)=O)cnn2cc(Br)cc12. The summed E-state index contributed by atoms with van der Waals surface area (Å²) in [5.41, 5.74) is 7.17. The minimum Gasteiger partial charge on any atom is -0.378 e. The molecule has 2 aromatic heterocycles. The number of aromatic nitrogens is 2. The highest BCUT2D eigenvalue weighted by Crippen LogP contribution is 2.30. The Balaban J connectivity index is 1.94. The first kappa shape index (κ1) is 18.2. The number of nitrogens with one attached hydrogen (secondary N) is 1. The molecule has 0 radical (unpaired) electrons. The lowest BCUT2D eigenvalue weighted by Gasteiger charge is -2.21. The molecule has 1 aliphatic rings. The molecule has 3 rings (SSSR count). The second kappa shape index (κ2) is 7.33. The fourth-order valence-electron chi connectivity index (χ4n) is 3.38. The van der Waals surface area contributed by atoms with Gasteiger partial charge in [-0.05, 0) is 34.3 Å². The van der Waals surface area contributed by atoms with Crippen molar-refractivity contribution in [3.63, 3.8) is 0 Å². The molecule has 1 fully saturated rings. The fourth-order valence-corrected chi connectivity index (χ4v) is 3.79. The summed E-state index contributed by atoms with van der Waals surface area (Å²) >= 11 is 3.42. The molecule has 2 aromatic rings. The Morgan fingerprint density at radius 1 is 1.50 bits per heavy atom. The zero-order chi connectivity index (χ0) is 18.8. The van der Waals surface area contributed by atoms with E-state index < -0.39 is 5.91 Å². The Morgan fingerprint density at radius 2 is 2.27 bits per heavy atom. The molecule has 2 atom stereocenters. The normalized spacial score (nSPS) is 19.5. The maximum Gasteiger partial charge on any atom is 0.252 e. The summed E-state index contributed by atoms with van der Waals surface area (Å²) in [7, 11) is 0. The third-order valence-corrected chi connectivity index (χ3v) is 5.18. The summed E-state index contributed by atoms with van der Waals surface area (Å²) in [5.74, 6) is -0.524. The Labute approximate surface area is 159 Å². The van der Waals surface area contributed by atoms with Crippen molar-refractivity contribution < 1.29 is 9.59 Å². The van der Waals surface area contributed by atoms with Gasteiger partial charge in [-0.1, -0.05) is 6.92 Å². The lowest BCUT2D eigenvalue weighted by molar-refractivity contribution is -0.129. The lowest BCUT2D eigenvalue weighted by Crippen LogP contribution is -2.32. The molecule has 0 aromatic carbocycles. The third-order valence-electron chi connectivity index (χ3n) is 4.75. The van der Waals surface area contributed by atoms with Crippen molar-refractivity contribution in [3.05, 3.63) is 28.5 Å². The molecule has 1 saturated heterocycles. The van der Waals surface area contributed by atoms with E-state index in [1.54, 1.807) is 15.6 Å². The Kier molecular flexibility index (Phi) is 5.13. The molecular formula is C17H19BrN6O2. The van der Waals surface area contributed by atoms with Gasteiger partial charge in [-0.3, -0.25) is 9.59 Å². The number of primary amides is 1. The van der Waals surface area contributed by atoms with Crippen LogP contribution in [0.5, 0.6) is 0 Å². The second-order valence-corrected chi connectivity index (χ2v) is 7.25. The van der Waals surface area contributed by atoms with Crippen LogP contribution in [0.3, 0.4) is 0 Å². The topological polar surface area (TPSA) is 117 Å². The van der Waals surface area contributed by atoms with Crippen LogP contribution in [0.4, 0.5) is 5.69 Å². The standard InChI is InChI=1S/C17H19BrN6O2/c1-2-10-7-23(15(25)3-4-19)9-13(10)22-16-12(17(20)26)6-21-24-8-11(18)5-14(16)24/h5-6,8,10,13,22H,2-3,7,9H2,1H3,(H2,20,26)/t10-,13+/m0/s1. The molecule has 136 valence electrons. The van der Waals surface area contributed by atoms with E-state index >= 15 is 0 Å². The van der Waals surface area contributed by atoms with Crippen molar-refractivity contribution in [2.24, 2.45) is 11.7 Å². The highest BCUT2D eigenvalue weighted by atomic mass is 79.9. The quantitative estimate of drug-likeness (QED) is 0.766. The minimum atomic E-state index is -0.566. The zero-order valence-corrected chi connectivity index (χ0v) is 15.9. The number of halogens is 1. The number of nitriles is 1. The van der Waals surface area contributed by atoms with Crippen LogP contribution in [0.25, 0.3) is 5.52 Å². The second-order valence-electron chi connectivity index (χ2n) is 6.34. The van der Waals surface area contributed by atoms with Gasteiger partial charge in [0.1, 0.15) is 6.42 Å². The average Bonchev–Trinajstić information content (AvgIpc) is 3.17. The largest absolute Gasteiger partial charge is 0.378 e. The molecule has 0 unspecified atom stereocenters. The number of carbonyl (C=O) groups is 2. The van der Waals surface area contributed by atoms with Crippen LogP contribution in [-0.4, -0.2) is 45.5 Å². The first-order valence-electron chi connectivity index (χ1n) is 8.32. The number of hydrogen-bond donors (Lipinski definition) is 2. The molecular weight excluding hydrogens is 400 g/mol. The van der Waals surface area contributed by atoms with E-state index in [1.807, 2.05) is 12.1 Å². The van der Waals surface area contributed by atoms with Crippen molar-refractivity contribution in [2.75, 3.05) is 18.4 Å². The van der Waals surface area contributed by atoms with Crippen LogP contribution in [-0.2, 0) is 4.79 Å². The summed E-state index contributed by atoms with van der Waals surface area (Å²) in [6, 6.07) is 3.72. The van der Waals surface area contributed by atoms with E-state index in [2.05, 4.69) is 33.3 Å². The molecule has 2 amide bonds.